The van der Waals surface area contributed by atoms with Gasteiger partial charge in [-0.2, -0.15) is 0 Å². The van der Waals surface area contributed by atoms with Crippen LogP contribution in [0, 0.1) is 29.1 Å². The van der Waals surface area contributed by atoms with Gasteiger partial charge in [-0.25, -0.2) is 4.79 Å². The lowest BCUT2D eigenvalue weighted by Crippen LogP contribution is -2.65. The van der Waals surface area contributed by atoms with Crippen molar-refractivity contribution < 1.29 is 23.6 Å². The lowest BCUT2D eigenvalue weighted by Gasteiger charge is -2.64. The Bertz CT molecular complexity index is 1010. The number of carbonyl (C=O) groups is 2. The summed E-state index contributed by atoms with van der Waals surface area (Å²) in [4.78, 5) is 26.7. The normalized spacial score (nSPS) is 31.1. The van der Waals surface area contributed by atoms with Gasteiger partial charge in [-0.05, 0) is 73.7 Å². The lowest BCUT2D eigenvalue weighted by molar-refractivity contribution is -0.199. The molecule has 2 amide bonds. The number of hydrogen-bond acceptors (Lipinski definition) is 5. The van der Waals surface area contributed by atoms with E-state index in [1.165, 1.54) is 12.8 Å². The molecule has 39 heavy (non-hydrogen) atoms. The predicted molar refractivity (Wildman–Crippen MR) is 152 cm³/mol. The van der Waals surface area contributed by atoms with Crippen LogP contribution in [0.2, 0.25) is 0 Å². The number of rotatable bonds is 9. The van der Waals surface area contributed by atoms with Gasteiger partial charge in [0.05, 0.1) is 17.6 Å². The van der Waals surface area contributed by atoms with Gasteiger partial charge in [-0.1, -0.05) is 77.3 Å². The van der Waals surface area contributed by atoms with Gasteiger partial charge < -0.3 is 24.7 Å². The Hall–Kier alpha value is -2.06. The molecule has 8 heteroatoms. The molecule has 1 saturated heterocycles. The highest BCUT2D eigenvalue weighted by molar-refractivity contribution is 6.48. The van der Waals surface area contributed by atoms with Crippen molar-refractivity contribution in [2.75, 3.05) is 0 Å². The lowest BCUT2D eigenvalue weighted by atomic mass is 9.43. The first-order valence-corrected chi connectivity index (χ1v) is 15.2. The van der Waals surface area contributed by atoms with Gasteiger partial charge in [0.1, 0.15) is 12.6 Å². The van der Waals surface area contributed by atoms with Crippen LogP contribution in [0.3, 0.4) is 0 Å². The molecule has 4 aliphatic carbocycles. The topological polar surface area (TPSA) is 85.9 Å². The van der Waals surface area contributed by atoms with Crippen molar-refractivity contribution in [1.29, 1.82) is 0 Å². The molecule has 4 saturated carbocycles. The number of alkyl carbamates (subject to hydrolysis) is 1. The van der Waals surface area contributed by atoms with Gasteiger partial charge in [0.2, 0.25) is 5.91 Å². The fourth-order valence-electron chi connectivity index (χ4n) is 7.85. The Morgan fingerprint density at radius 1 is 1.05 bits per heavy atom. The molecule has 2 N–H and O–H groups in total. The molecule has 5 fully saturated rings. The average molecular weight is 539 g/mol. The molecule has 0 radical (unpaired) electrons. The van der Waals surface area contributed by atoms with Crippen LogP contribution in [0.5, 0.6) is 0 Å². The fraction of sp³-hybridized carbons (Fsp3) is 0.742. The highest BCUT2D eigenvalue weighted by atomic mass is 16.7. The summed E-state index contributed by atoms with van der Waals surface area (Å²) in [5.74, 6) is 1.11. The number of benzene rings is 1. The monoisotopic (exact) mass is 538 g/mol. The number of ether oxygens (including phenoxy) is 1. The molecule has 6 atom stereocenters. The highest BCUT2D eigenvalue weighted by Gasteiger charge is 2.68. The third-order valence-corrected chi connectivity index (χ3v) is 10.2. The second-order valence-electron chi connectivity index (χ2n) is 13.7. The van der Waals surface area contributed by atoms with Crippen LogP contribution in [0.25, 0.3) is 0 Å². The van der Waals surface area contributed by atoms with E-state index in [0.717, 1.165) is 44.1 Å². The minimum atomic E-state index is -0.644. The van der Waals surface area contributed by atoms with Crippen LogP contribution < -0.4 is 10.6 Å². The van der Waals surface area contributed by atoms with Crippen LogP contribution in [0.4, 0.5) is 4.79 Å². The summed E-state index contributed by atoms with van der Waals surface area (Å²) in [6.07, 6.45) is 7.59. The Kier molecular flexibility index (Phi) is 8.35. The van der Waals surface area contributed by atoms with E-state index in [0.29, 0.717) is 17.8 Å². The first-order chi connectivity index (χ1) is 18.6. The number of amides is 2. The Balaban J connectivity index is 1.27. The summed E-state index contributed by atoms with van der Waals surface area (Å²) in [6.45, 7) is 11.4. The first-order valence-electron chi connectivity index (χ1n) is 15.2. The molecule has 7 nitrogen and oxygen atoms in total. The zero-order valence-corrected chi connectivity index (χ0v) is 24.4. The smallest absolute Gasteiger partial charge is 0.445 e. The Labute approximate surface area is 234 Å². The van der Waals surface area contributed by atoms with E-state index in [4.69, 9.17) is 14.0 Å². The Morgan fingerprint density at radius 2 is 1.77 bits per heavy atom. The largest absolute Gasteiger partial charge is 0.481 e. The van der Waals surface area contributed by atoms with E-state index >= 15 is 0 Å². The van der Waals surface area contributed by atoms with Crippen molar-refractivity contribution >= 4 is 19.1 Å². The van der Waals surface area contributed by atoms with Crippen LogP contribution in [0.15, 0.2) is 30.3 Å². The minimum Gasteiger partial charge on any atom is -0.445 e. The van der Waals surface area contributed by atoms with Crippen LogP contribution in [0.1, 0.15) is 91.5 Å². The second kappa shape index (κ2) is 11.4. The van der Waals surface area contributed by atoms with Gasteiger partial charge in [-0.15, -0.1) is 0 Å². The van der Waals surface area contributed by atoms with Crippen LogP contribution in [-0.2, 0) is 25.4 Å². The molecular weight excluding hydrogens is 491 g/mol. The molecule has 5 aliphatic rings. The maximum atomic E-state index is 13.9. The molecule has 0 spiro atoms. The highest BCUT2D eigenvalue weighted by Crippen LogP contribution is 2.65. The van der Waals surface area contributed by atoms with Gasteiger partial charge in [0, 0.05) is 0 Å². The summed E-state index contributed by atoms with van der Waals surface area (Å²) in [5, 5.41) is 6.22. The van der Waals surface area contributed by atoms with E-state index < -0.39 is 19.3 Å². The molecule has 1 aromatic carbocycles. The maximum Gasteiger partial charge on any atom is 0.481 e. The maximum absolute atomic E-state index is 13.9. The predicted octanol–water partition coefficient (Wildman–Crippen LogP) is 5.66. The van der Waals surface area contributed by atoms with E-state index in [-0.39, 0.29) is 41.5 Å². The molecule has 0 aromatic heterocycles. The quantitative estimate of drug-likeness (QED) is 0.397. The average Bonchev–Trinajstić information content (AvgIpc) is 3.28. The van der Waals surface area contributed by atoms with Crippen molar-refractivity contribution in [3.05, 3.63) is 35.9 Å². The Morgan fingerprint density at radius 3 is 2.44 bits per heavy atom. The SMILES string of the molecule is CC(C)C[C@H](NC(=O)[C@@H](NC(=O)OCc1ccccc1)C1CCCCC1)B1O[C@@H]2C[C@@H]3C[C@@H](C3(C)C)[C@]2(C)O1. The summed E-state index contributed by atoms with van der Waals surface area (Å²) in [5.41, 5.74) is 0.844. The zero-order valence-electron chi connectivity index (χ0n) is 24.4. The third-order valence-electron chi connectivity index (χ3n) is 10.2. The summed E-state index contributed by atoms with van der Waals surface area (Å²) >= 11 is 0. The third kappa shape index (κ3) is 5.88. The van der Waals surface area contributed by atoms with E-state index in [9.17, 15) is 9.59 Å². The molecule has 1 aliphatic heterocycles. The first kappa shape index (κ1) is 28.5. The fourth-order valence-corrected chi connectivity index (χ4v) is 7.85. The standard InChI is InChI=1S/C31H47BN2O5/c1-20(2)16-26(32-38-25-18-23-17-24(30(23,3)4)31(25,5)39-32)33-28(35)27(22-14-10-7-11-15-22)34-29(36)37-19-21-12-8-6-9-13-21/h6,8-9,12-13,20,22-27H,7,10-11,14-19H2,1-5H3,(H,33,35)(H,34,36)/t23-,24-,25+,26-,27-,31-/m0/s1. The van der Waals surface area contributed by atoms with Crippen molar-refractivity contribution in [3.8, 4) is 0 Å². The second-order valence-corrected chi connectivity index (χ2v) is 13.7. The summed E-state index contributed by atoms with van der Waals surface area (Å²) in [7, 11) is -0.487. The van der Waals surface area contributed by atoms with Crippen LogP contribution in [-0.4, -0.2) is 42.8 Å². The summed E-state index contributed by atoms with van der Waals surface area (Å²) in [6, 6.07) is 8.95. The van der Waals surface area contributed by atoms with E-state index in [2.05, 4.69) is 45.3 Å². The number of carbonyl (C=O) groups excluding carboxylic acids is 2. The van der Waals surface area contributed by atoms with Crippen molar-refractivity contribution in [1.82, 2.24) is 10.6 Å². The van der Waals surface area contributed by atoms with Gasteiger partial charge in [0.25, 0.3) is 0 Å². The zero-order chi connectivity index (χ0) is 27.8. The molecular formula is C31H47BN2O5. The van der Waals surface area contributed by atoms with Gasteiger partial charge >= 0.3 is 13.2 Å². The summed E-state index contributed by atoms with van der Waals surface area (Å²) < 4.78 is 18.8. The van der Waals surface area contributed by atoms with Crippen molar-refractivity contribution in [2.24, 2.45) is 29.1 Å². The molecule has 1 heterocycles. The molecule has 6 rings (SSSR count). The van der Waals surface area contributed by atoms with Gasteiger partial charge in [-0.3, -0.25) is 4.79 Å². The molecule has 0 unspecified atom stereocenters. The van der Waals surface area contributed by atoms with Crippen molar-refractivity contribution in [2.45, 2.75) is 116 Å². The minimum absolute atomic E-state index is 0.0612. The number of hydrogen-bond donors (Lipinski definition) is 2. The molecule has 214 valence electrons. The van der Waals surface area contributed by atoms with Gasteiger partial charge in [0.15, 0.2) is 0 Å². The van der Waals surface area contributed by atoms with Crippen molar-refractivity contribution in [3.63, 3.8) is 0 Å². The van der Waals surface area contributed by atoms with E-state index in [1.54, 1.807) is 0 Å². The molecule has 2 bridgehead atoms. The van der Waals surface area contributed by atoms with Crippen LogP contribution >= 0.6 is 0 Å². The van der Waals surface area contributed by atoms with E-state index in [1.807, 2.05) is 30.3 Å². The molecule has 1 aromatic rings. The number of nitrogens with one attached hydrogen (secondary N) is 2.